The van der Waals surface area contributed by atoms with Gasteiger partial charge in [0.2, 0.25) is 4.96 Å². The largest absolute Gasteiger partial charge is 0.494 e. The first-order valence-corrected chi connectivity index (χ1v) is 11.3. The van der Waals surface area contributed by atoms with Crippen LogP contribution in [0.15, 0.2) is 69.9 Å². The van der Waals surface area contributed by atoms with Gasteiger partial charge in [-0.15, -0.1) is 5.10 Å². The summed E-state index contributed by atoms with van der Waals surface area (Å²) < 4.78 is 13.1. The zero-order chi connectivity index (χ0) is 23.7. The zero-order valence-electron chi connectivity index (χ0n) is 18.0. The second kappa shape index (κ2) is 8.91. The van der Waals surface area contributed by atoms with Gasteiger partial charge in [0.05, 0.1) is 11.5 Å². The summed E-state index contributed by atoms with van der Waals surface area (Å²) in [6.45, 7) is 2.70. The van der Waals surface area contributed by atoms with Crippen LogP contribution in [0.5, 0.6) is 5.75 Å². The number of aromatic nitrogens is 3. The number of hydrogen-bond donors (Lipinski definition) is 0. The molecule has 3 aromatic heterocycles. The van der Waals surface area contributed by atoms with Gasteiger partial charge in [-0.05, 0) is 42.8 Å². The van der Waals surface area contributed by atoms with Crippen LogP contribution in [0.3, 0.4) is 0 Å². The molecule has 0 fully saturated rings. The Morgan fingerprint density at radius 1 is 1.15 bits per heavy atom. The molecule has 3 heterocycles. The Bertz CT molecular complexity index is 1600. The van der Waals surface area contributed by atoms with Gasteiger partial charge in [0, 0.05) is 29.3 Å². The van der Waals surface area contributed by atoms with Gasteiger partial charge >= 0.3 is 0 Å². The Hall–Kier alpha value is -4.31. The standard InChI is InChI=1S/C24H18N4O5S/c1-2-12-32-18-8-6-15(7-9-18)22-25-24-27(26-22)23(29)21(34-24)14-19-10-11-20(33-19)16-4-3-5-17(13-16)28(30)31/h3-11,13-14H,2,12H2,1H3/b21-14-. The van der Waals surface area contributed by atoms with Gasteiger partial charge in [0.25, 0.3) is 11.2 Å². The molecule has 0 saturated heterocycles. The molecule has 0 spiro atoms. The van der Waals surface area contributed by atoms with E-state index in [2.05, 4.69) is 10.1 Å². The molecule has 0 N–H and O–H groups in total. The summed E-state index contributed by atoms with van der Waals surface area (Å²) in [5.41, 5.74) is 1.05. The topological polar surface area (TPSA) is 113 Å². The number of fused-ring (bicyclic) bond motifs is 1. The normalized spacial score (nSPS) is 11.9. The third-order valence-electron chi connectivity index (χ3n) is 5.01. The monoisotopic (exact) mass is 474 g/mol. The van der Waals surface area contributed by atoms with Crippen molar-refractivity contribution in [1.29, 1.82) is 0 Å². The van der Waals surface area contributed by atoms with Crippen molar-refractivity contribution in [3.8, 4) is 28.5 Å². The van der Waals surface area contributed by atoms with Crippen LogP contribution < -0.4 is 14.8 Å². The summed E-state index contributed by atoms with van der Waals surface area (Å²) in [5.74, 6) is 2.15. The minimum absolute atomic E-state index is 0.0224. The van der Waals surface area contributed by atoms with E-state index in [0.29, 0.717) is 39.0 Å². The molecule has 9 nitrogen and oxygen atoms in total. The highest BCUT2D eigenvalue weighted by atomic mass is 32.1. The quantitative estimate of drug-likeness (QED) is 0.255. The number of thiazole rings is 1. The lowest BCUT2D eigenvalue weighted by Crippen LogP contribution is -2.23. The van der Waals surface area contributed by atoms with E-state index in [1.54, 1.807) is 30.3 Å². The Morgan fingerprint density at radius 3 is 2.71 bits per heavy atom. The maximum Gasteiger partial charge on any atom is 0.291 e. The smallest absolute Gasteiger partial charge is 0.291 e. The number of rotatable bonds is 7. The number of furan rings is 1. The number of nitro benzene ring substituents is 1. The molecule has 0 saturated carbocycles. The summed E-state index contributed by atoms with van der Waals surface area (Å²) in [4.78, 5) is 28.4. The van der Waals surface area contributed by atoms with E-state index in [-0.39, 0.29) is 11.2 Å². The molecule has 0 atom stereocenters. The van der Waals surface area contributed by atoms with E-state index in [1.165, 1.54) is 28.0 Å². The van der Waals surface area contributed by atoms with Crippen molar-refractivity contribution in [2.24, 2.45) is 0 Å². The second-order valence-corrected chi connectivity index (χ2v) is 8.44. The van der Waals surface area contributed by atoms with Gasteiger partial charge in [-0.1, -0.05) is 30.4 Å². The lowest BCUT2D eigenvalue weighted by Gasteiger charge is -2.04. The van der Waals surface area contributed by atoms with Crippen LogP contribution in [0.2, 0.25) is 0 Å². The lowest BCUT2D eigenvalue weighted by atomic mass is 10.1. The molecule has 10 heteroatoms. The van der Waals surface area contributed by atoms with E-state index in [0.717, 1.165) is 17.7 Å². The molecule has 5 rings (SSSR count). The number of hydrogen-bond acceptors (Lipinski definition) is 8. The molecule has 0 aliphatic carbocycles. The predicted octanol–water partition coefficient (Wildman–Crippen LogP) is 4.32. The number of nitro groups is 1. The third kappa shape index (κ3) is 4.18. The average Bonchev–Trinajstić information content (AvgIpc) is 3.56. The van der Waals surface area contributed by atoms with Gasteiger partial charge in [-0.2, -0.15) is 9.50 Å². The van der Waals surface area contributed by atoms with E-state index < -0.39 is 4.92 Å². The van der Waals surface area contributed by atoms with Crippen molar-refractivity contribution >= 4 is 28.1 Å². The van der Waals surface area contributed by atoms with Crippen LogP contribution in [-0.4, -0.2) is 26.1 Å². The predicted molar refractivity (Wildman–Crippen MR) is 128 cm³/mol. The fraction of sp³-hybridized carbons (Fsp3) is 0.125. The zero-order valence-corrected chi connectivity index (χ0v) is 18.8. The Morgan fingerprint density at radius 2 is 1.97 bits per heavy atom. The van der Waals surface area contributed by atoms with Crippen molar-refractivity contribution in [2.45, 2.75) is 13.3 Å². The average molecular weight is 474 g/mol. The molecule has 0 radical (unpaired) electrons. The molecular weight excluding hydrogens is 456 g/mol. The fourth-order valence-electron chi connectivity index (χ4n) is 3.36. The molecular formula is C24H18N4O5S. The van der Waals surface area contributed by atoms with Crippen molar-refractivity contribution in [2.75, 3.05) is 6.61 Å². The molecule has 0 unspecified atom stereocenters. The Balaban J connectivity index is 1.42. The van der Waals surface area contributed by atoms with Crippen LogP contribution in [0, 0.1) is 10.1 Å². The van der Waals surface area contributed by atoms with Gasteiger partial charge in [-0.3, -0.25) is 14.9 Å². The Kier molecular flexibility index (Phi) is 5.64. The van der Waals surface area contributed by atoms with Gasteiger partial charge in [0.15, 0.2) is 5.82 Å². The number of ether oxygens (including phenoxy) is 1. The van der Waals surface area contributed by atoms with Gasteiger partial charge < -0.3 is 9.15 Å². The van der Waals surface area contributed by atoms with E-state index in [1.807, 2.05) is 31.2 Å². The third-order valence-corrected chi connectivity index (χ3v) is 5.97. The highest BCUT2D eigenvalue weighted by molar-refractivity contribution is 7.15. The lowest BCUT2D eigenvalue weighted by molar-refractivity contribution is -0.384. The molecule has 0 aliphatic heterocycles. The second-order valence-electron chi connectivity index (χ2n) is 7.43. The summed E-state index contributed by atoms with van der Waals surface area (Å²) in [6, 6.07) is 17.0. The molecule has 5 aromatic rings. The van der Waals surface area contributed by atoms with Gasteiger partial charge in [0.1, 0.15) is 21.8 Å². The van der Waals surface area contributed by atoms with E-state index in [4.69, 9.17) is 9.15 Å². The van der Waals surface area contributed by atoms with Crippen molar-refractivity contribution in [3.63, 3.8) is 0 Å². The minimum atomic E-state index is -0.458. The molecule has 0 bridgehead atoms. The van der Waals surface area contributed by atoms with Crippen LogP contribution >= 0.6 is 11.3 Å². The van der Waals surface area contributed by atoms with E-state index >= 15 is 0 Å². The van der Waals surface area contributed by atoms with Gasteiger partial charge in [-0.25, -0.2) is 0 Å². The molecule has 34 heavy (non-hydrogen) atoms. The van der Waals surface area contributed by atoms with Crippen molar-refractivity contribution in [1.82, 2.24) is 14.6 Å². The van der Waals surface area contributed by atoms with Crippen LogP contribution in [0.4, 0.5) is 5.69 Å². The van der Waals surface area contributed by atoms with Crippen LogP contribution in [0.25, 0.3) is 33.7 Å². The van der Waals surface area contributed by atoms with E-state index in [9.17, 15) is 14.9 Å². The first kappa shape index (κ1) is 21.5. The van der Waals surface area contributed by atoms with Crippen LogP contribution in [-0.2, 0) is 0 Å². The minimum Gasteiger partial charge on any atom is -0.494 e. The summed E-state index contributed by atoms with van der Waals surface area (Å²) in [5, 5.41) is 15.4. The summed E-state index contributed by atoms with van der Waals surface area (Å²) in [6.07, 6.45) is 2.55. The Labute approximate surface area is 196 Å². The highest BCUT2D eigenvalue weighted by Gasteiger charge is 2.13. The number of benzene rings is 2. The van der Waals surface area contributed by atoms with Crippen LogP contribution in [0.1, 0.15) is 19.1 Å². The van der Waals surface area contributed by atoms with Crippen molar-refractivity contribution < 1.29 is 14.1 Å². The molecule has 170 valence electrons. The number of nitrogens with zero attached hydrogens (tertiary/aromatic N) is 4. The maximum atomic E-state index is 12.8. The molecule has 0 aliphatic rings. The first-order valence-electron chi connectivity index (χ1n) is 10.5. The summed E-state index contributed by atoms with van der Waals surface area (Å²) in [7, 11) is 0. The first-order chi connectivity index (χ1) is 16.5. The molecule has 2 aromatic carbocycles. The number of non-ortho nitro benzene ring substituents is 1. The maximum absolute atomic E-state index is 12.8. The highest BCUT2D eigenvalue weighted by Crippen LogP contribution is 2.26. The molecule has 0 amide bonds. The van der Waals surface area contributed by atoms with Crippen molar-refractivity contribution in [3.05, 3.63) is 91.4 Å². The SMILES string of the molecule is CCCOc1ccc(-c2nc3s/c(=C\c4ccc(-c5cccc([N+](=O)[O-])c5)o4)c(=O)n3n2)cc1. The summed E-state index contributed by atoms with van der Waals surface area (Å²) >= 11 is 1.21. The fourth-order valence-corrected chi connectivity index (χ4v) is 4.25.